The van der Waals surface area contributed by atoms with Crippen LogP contribution in [0.25, 0.3) is 0 Å². The standard InChI is InChI=1S/C20H24N4O3/c1-14-4-5-18(27-3)17(12-14)22-19-13-16(6-7-21-19)20(26)24-10-8-23(9-11-24)15(2)25/h4-7,12-13H,8-11H2,1-3H3,(H,21,22). The molecule has 0 aliphatic carbocycles. The molecule has 1 aromatic heterocycles. The summed E-state index contributed by atoms with van der Waals surface area (Å²) in [4.78, 5) is 32.1. The molecule has 2 heterocycles. The molecule has 2 amide bonds. The van der Waals surface area contributed by atoms with Crippen molar-refractivity contribution in [2.24, 2.45) is 0 Å². The van der Waals surface area contributed by atoms with Gasteiger partial charge in [-0.1, -0.05) is 6.07 Å². The van der Waals surface area contributed by atoms with E-state index in [-0.39, 0.29) is 11.8 Å². The third-order valence-corrected chi connectivity index (χ3v) is 4.64. The Bertz CT molecular complexity index is 845. The zero-order valence-electron chi connectivity index (χ0n) is 15.9. The lowest BCUT2D eigenvalue weighted by atomic mass is 10.2. The van der Waals surface area contributed by atoms with Crippen molar-refractivity contribution in [2.45, 2.75) is 13.8 Å². The average Bonchev–Trinajstić information content (AvgIpc) is 2.68. The maximum Gasteiger partial charge on any atom is 0.254 e. The normalized spacial score (nSPS) is 14.0. The lowest BCUT2D eigenvalue weighted by Gasteiger charge is -2.34. The topological polar surface area (TPSA) is 74.8 Å². The van der Waals surface area contributed by atoms with Gasteiger partial charge in [0.15, 0.2) is 0 Å². The number of amides is 2. The highest BCUT2D eigenvalue weighted by Crippen LogP contribution is 2.28. The molecule has 1 N–H and O–H groups in total. The maximum absolute atomic E-state index is 12.8. The number of rotatable bonds is 4. The highest BCUT2D eigenvalue weighted by molar-refractivity contribution is 5.95. The first-order valence-corrected chi connectivity index (χ1v) is 8.90. The number of ether oxygens (including phenoxy) is 1. The van der Waals surface area contributed by atoms with Crippen molar-refractivity contribution in [1.29, 1.82) is 0 Å². The van der Waals surface area contributed by atoms with Gasteiger partial charge >= 0.3 is 0 Å². The maximum atomic E-state index is 12.8. The van der Waals surface area contributed by atoms with Gasteiger partial charge in [0.2, 0.25) is 5.91 Å². The van der Waals surface area contributed by atoms with Crippen LogP contribution in [0.3, 0.4) is 0 Å². The summed E-state index contributed by atoms with van der Waals surface area (Å²) in [6.07, 6.45) is 1.61. The van der Waals surface area contributed by atoms with Crippen molar-refractivity contribution in [3.05, 3.63) is 47.7 Å². The van der Waals surface area contributed by atoms with Crippen LogP contribution >= 0.6 is 0 Å². The number of pyridine rings is 1. The van der Waals surface area contributed by atoms with E-state index in [0.717, 1.165) is 11.3 Å². The number of aryl methyl sites for hydroxylation is 1. The number of carbonyl (C=O) groups excluding carboxylic acids is 2. The third-order valence-electron chi connectivity index (χ3n) is 4.64. The summed E-state index contributed by atoms with van der Waals surface area (Å²) in [5, 5.41) is 3.22. The summed E-state index contributed by atoms with van der Waals surface area (Å²) in [5.74, 6) is 1.27. The number of nitrogens with one attached hydrogen (secondary N) is 1. The van der Waals surface area contributed by atoms with Gasteiger partial charge in [0.05, 0.1) is 12.8 Å². The highest BCUT2D eigenvalue weighted by Gasteiger charge is 2.23. The van der Waals surface area contributed by atoms with Crippen LogP contribution in [-0.4, -0.2) is 59.9 Å². The molecule has 3 rings (SSSR count). The van der Waals surface area contributed by atoms with Gasteiger partial charge in [-0.15, -0.1) is 0 Å². The molecular weight excluding hydrogens is 344 g/mol. The van der Waals surface area contributed by atoms with E-state index < -0.39 is 0 Å². The fourth-order valence-corrected chi connectivity index (χ4v) is 3.10. The molecule has 1 fully saturated rings. The minimum absolute atomic E-state index is 0.0459. The van der Waals surface area contributed by atoms with Crippen LogP contribution in [0.15, 0.2) is 36.5 Å². The van der Waals surface area contributed by atoms with Crippen LogP contribution < -0.4 is 10.1 Å². The third kappa shape index (κ3) is 4.36. The molecule has 1 aliphatic heterocycles. The van der Waals surface area contributed by atoms with E-state index in [1.807, 2.05) is 25.1 Å². The molecule has 0 spiro atoms. The summed E-state index contributed by atoms with van der Waals surface area (Å²) in [7, 11) is 1.61. The van der Waals surface area contributed by atoms with Crippen LogP contribution in [0, 0.1) is 6.92 Å². The second kappa shape index (κ2) is 8.07. The minimum atomic E-state index is -0.0557. The molecule has 142 valence electrons. The Kier molecular flexibility index (Phi) is 5.59. The first kappa shape index (κ1) is 18.7. The first-order valence-electron chi connectivity index (χ1n) is 8.90. The van der Waals surface area contributed by atoms with E-state index in [4.69, 9.17) is 4.74 Å². The Morgan fingerprint density at radius 3 is 2.44 bits per heavy atom. The monoisotopic (exact) mass is 368 g/mol. The van der Waals surface area contributed by atoms with Crippen LogP contribution in [0.1, 0.15) is 22.8 Å². The van der Waals surface area contributed by atoms with Gasteiger partial charge in [-0.3, -0.25) is 9.59 Å². The summed E-state index contributed by atoms with van der Waals surface area (Å²) in [6, 6.07) is 9.27. The number of nitrogens with zero attached hydrogens (tertiary/aromatic N) is 3. The molecule has 0 atom stereocenters. The van der Waals surface area contributed by atoms with E-state index in [0.29, 0.717) is 43.3 Å². The Morgan fingerprint density at radius 2 is 1.78 bits per heavy atom. The van der Waals surface area contributed by atoms with E-state index in [9.17, 15) is 9.59 Å². The van der Waals surface area contributed by atoms with E-state index in [1.54, 1.807) is 42.2 Å². The molecule has 1 aliphatic rings. The lowest BCUT2D eigenvalue weighted by molar-refractivity contribution is -0.130. The SMILES string of the molecule is COc1ccc(C)cc1Nc1cc(C(=O)N2CCN(C(C)=O)CC2)ccn1. The van der Waals surface area contributed by atoms with Gasteiger partial charge in [0.1, 0.15) is 11.6 Å². The van der Waals surface area contributed by atoms with Crippen molar-refractivity contribution in [1.82, 2.24) is 14.8 Å². The molecule has 0 saturated carbocycles. The van der Waals surface area contributed by atoms with Crippen LogP contribution in [0.2, 0.25) is 0 Å². The van der Waals surface area contributed by atoms with E-state index in [1.165, 1.54) is 0 Å². The van der Waals surface area contributed by atoms with Crippen molar-refractivity contribution in [3.8, 4) is 5.75 Å². The summed E-state index contributed by atoms with van der Waals surface area (Å²) >= 11 is 0. The fraction of sp³-hybridized carbons (Fsp3) is 0.350. The molecule has 27 heavy (non-hydrogen) atoms. The summed E-state index contributed by atoms with van der Waals surface area (Å²) in [5.41, 5.74) is 2.45. The molecular formula is C20H24N4O3. The van der Waals surface area contributed by atoms with Crippen molar-refractivity contribution < 1.29 is 14.3 Å². The molecule has 0 radical (unpaired) electrons. The Labute approximate surface area is 158 Å². The molecule has 0 unspecified atom stereocenters. The predicted octanol–water partition coefficient (Wildman–Crippen LogP) is 2.45. The number of carbonyl (C=O) groups is 2. The van der Waals surface area contributed by atoms with Gasteiger partial charge in [-0.2, -0.15) is 0 Å². The summed E-state index contributed by atoms with van der Waals surface area (Å²) < 4.78 is 5.38. The first-order chi connectivity index (χ1) is 13.0. The second-order valence-electron chi connectivity index (χ2n) is 6.56. The number of methoxy groups -OCH3 is 1. The second-order valence-corrected chi connectivity index (χ2v) is 6.56. The number of benzene rings is 1. The van der Waals surface area contributed by atoms with Gasteiger partial charge in [0, 0.05) is 44.9 Å². The van der Waals surface area contributed by atoms with E-state index in [2.05, 4.69) is 10.3 Å². The van der Waals surface area contributed by atoms with Crippen molar-refractivity contribution in [3.63, 3.8) is 0 Å². The average molecular weight is 368 g/mol. The van der Waals surface area contributed by atoms with Crippen molar-refractivity contribution in [2.75, 3.05) is 38.6 Å². The number of aromatic nitrogens is 1. The van der Waals surface area contributed by atoms with Gasteiger partial charge in [-0.05, 0) is 36.8 Å². The number of hydrogen-bond acceptors (Lipinski definition) is 5. The zero-order valence-corrected chi connectivity index (χ0v) is 15.9. The molecule has 0 bridgehead atoms. The van der Waals surface area contributed by atoms with Crippen LogP contribution in [0.4, 0.5) is 11.5 Å². The molecule has 1 aromatic carbocycles. The Balaban J connectivity index is 1.73. The predicted molar refractivity (Wildman–Crippen MR) is 103 cm³/mol. The van der Waals surface area contributed by atoms with Gasteiger partial charge < -0.3 is 19.9 Å². The molecule has 7 nitrogen and oxygen atoms in total. The van der Waals surface area contributed by atoms with Crippen molar-refractivity contribution >= 4 is 23.3 Å². The fourth-order valence-electron chi connectivity index (χ4n) is 3.10. The summed E-state index contributed by atoms with van der Waals surface area (Å²) in [6.45, 7) is 5.76. The smallest absolute Gasteiger partial charge is 0.254 e. The van der Waals surface area contributed by atoms with Gasteiger partial charge in [-0.25, -0.2) is 4.98 Å². The van der Waals surface area contributed by atoms with E-state index >= 15 is 0 Å². The Hall–Kier alpha value is -3.09. The highest BCUT2D eigenvalue weighted by atomic mass is 16.5. The molecule has 7 heteroatoms. The quantitative estimate of drug-likeness (QED) is 0.897. The molecule has 1 saturated heterocycles. The number of anilines is 2. The van der Waals surface area contributed by atoms with Crippen LogP contribution in [-0.2, 0) is 4.79 Å². The largest absolute Gasteiger partial charge is 0.495 e. The Morgan fingerprint density at radius 1 is 1.07 bits per heavy atom. The zero-order chi connectivity index (χ0) is 19.4. The lowest BCUT2D eigenvalue weighted by Crippen LogP contribution is -2.50. The molecule has 2 aromatic rings. The van der Waals surface area contributed by atoms with Gasteiger partial charge in [0.25, 0.3) is 5.91 Å². The van der Waals surface area contributed by atoms with Crippen LogP contribution in [0.5, 0.6) is 5.75 Å². The minimum Gasteiger partial charge on any atom is -0.495 e. The number of piperazine rings is 1. The number of hydrogen-bond donors (Lipinski definition) is 1.